The summed E-state index contributed by atoms with van der Waals surface area (Å²) < 4.78 is 16.5. The molecule has 5 nitrogen and oxygen atoms in total. The van der Waals surface area contributed by atoms with Crippen LogP contribution < -0.4 is 0 Å². The second-order valence-corrected chi connectivity index (χ2v) is 4.85. The van der Waals surface area contributed by atoms with Gasteiger partial charge in [-0.2, -0.15) is 0 Å². The molecule has 0 aliphatic rings. The minimum atomic E-state index is 0.0611. The number of hydrogen-bond acceptors (Lipinski definition) is 5. The van der Waals surface area contributed by atoms with E-state index in [0.29, 0.717) is 26.4 Å². The van der Waals surface area contributed by atoms with E-state index in [9.17, 15) is 0 Å². The van der Waals surface area contributed by atoms with E-state index in [1.54, 1.807) is 0 Å². The molecule has 0 spiro atoms. The Balaban J connectivity index is 3.64. The molecule has 0 aliphatic carbocycles. The number of aliphatic hydroxyl groups is 1. The largest absolute Gasteiger partial charge is 0.394 e. The Labute approximate surface area is 117 Å². The van der Waals surface area contributed by atoms with Crippen LogP contribution in [-0.2, 0) is 14.2 Å². The van der Waals surface area contributed by atoms with E-state index in [-0.39, 0.29) is 12.7 Å². The molecule has 1 atom stereocenters. The van der Waals surface area contributed by atoms with Crippen molar-refractivity contribution in [1.29, 1.82) is 0 Å². The highest BCUT2D eigenvalue weighted by Crippen LogP contribution is 2.03. The molecule has 0 heterocycles. The first kappa shape index (κ1) is 18.8. The Kier molecular flexibility index (Phi) is 14.1. The molecule has 0 rings (SSSR count). The second-order valence-electron chi connectivity index (χ2n) is 4.85. The molecule has 0 aromatic heterocycles. The minimum Gasteiger partial charge on any atom is -0.394 e. The first-order valence-electron chi connectivity index (χ1n) is 7.23. The van der Waals surface area contributed by atoms with Crippen LogP contribution in [0.1, 0.15) is 26.2 Å². The Hall–Kier alpha value is -0.200. The summed E-state index contributed by atoms with van der Waals surface area (Å²) in [7, 11) is 4.12. The molecule has 1 unspecified atom stereocenters. The third-order valence-corrected chi connectivity index (χ3v) is 2.66. The summed E-state index contributed by atoms with van der Waals surface area (Å²) in [6.45, 7) is 6.09. The molecular weight excluding hydrogens is 246 g/mol. The van der Waals surface area contributed by atoms with E-state index in [0.717, 1.165) is 32.4 Å². The van der Waals surface area contributed by atoms with Crippen LogP contribution in [0.4, 0.5) is 0 Å². The van der Waals surface area contributed by atoms with Gasteiger partial charge in [0, 0.05) is 13.2 Å². The van der Waals surface area contributed by atoms with Gasteiger partial charge in [0.05, 0.1) is 39.1 Å². The van der Waals surface area contributed by atoms with E-state index in [1.807, 2.05) is 0 Å². The zero-order valence-corrected chi connectivity index (χ0v) is 12.8. The van der Waals surface area contributed by atoms with Gasteiger partial charge in [-0.05, 0) is 26.9 Å². The van der Waals surface area contributed by atoms with Crippen LogP contribution in [0.25, 0.3) is 0 Å². The van der Waals surface area contributed by atoms with Crippen molar-refractivity contribution in [3.63, 3.8) is 0 Å². The van der Waals surface area contributed by atoms with Gasteiger partial charge in [-0.3, -0.25) is 0 Å². The predicted octanol–water partition coefficient (Wildman–Crippen LogP) is 1.15. The molecule has 5 heteroatoms. The van der Waals surface area contributed by atoms with E-state index in [1.165, 1.54) is 0 Å². The molecule has 0 aromatic carbocycles. The van der Waals surface area contributed by atoms with Crippen molar-refractivity contribution < 1.29 is 19.3 Å². The van der Waals surface area contributed by atoms with Gasteiger partial charge in [0.15, 0.2) is 0 Å². The summed E-state index contributed by atoms with van der Waals surface area (Å²) in [6.07, 6.45) is 3.38. The zero-order valence-electron chi connectivity index (χ0n) is 12.8. The highest BCUT2D eigenvalue weighted by Gasteiger charge is 2.09. The van der Waals surface area contributed by atoms with Crippen LogP contribution in [0.5, 0.6) is 0 Å². The molecule has 0 saturated heterocycles. The lowest BCUT2D eigenvalue weighted by Crippen LogP contribution is -2.27. The molecule has 0 radical (unpaired) electrons. The van der Waals surface area contributed by atoms with Gasteiger partial charge < -0.3 is 24.2 Å². The fourth-order valence-corrected chi connectivity index (χ4v) is 1.51. The van der Waals surface area contributed by atoms with Crippen molar-refractivity contribution >= 4 is 0 Å². The summed E-state index contributed by atoms with van der Waals surface area (Å²) in [5.41, 5.74) is 0. The monoisotopic (exact) mass is 277 g/mol. The van der Waals surface area contributed by atoms with Crippen LogP contribution in [0.2, 0.25) is 0 Å². The third kappa shape index (κ3) is 14.0. The SMILES string of the molecule is CCCCOC(CCN(C)C)COCCOCCO. The quantitative estimate of drug-likeness (QED) is 0.483. The van der Waals surface area contributed by atoms with Crippen LogP contribution in [-0.4, -0.2) is 76.4 Å². The summed E-state index contributed by atoms with van der Waals surface area (Å²) in [5, 5.41) is 8.56. The van der Waals surface area contributed by atoms with Crippen LogP contribution in [0.3, 0.4) is 0 Å². The van der Waals surface area contributed by atoms with E-state index in [2.05, 4.69) is 25.9 Å². The van der Waals surface area contributed by atoms with Gasteiger partial charge in [-0.15, -0.1) is 0 Å². The number of unbranched alkanes of at least 4 members (excludes halogenated alkanes) is 1. The maximum absolute atomic E-state index is 8.56. The smallest absolute Gasteiger partial charge is 0.0820 e. The fourth-order valence-electron chi connectivity index (χ4n) is 1.51. The van der Waals surface area contributed by atoms with Gasteiger partial charge in [-0.1, -0.05) is 13.3 Å². The fraction of sp³-hybridized carbons (Fsp3) is 1.00. The van der Waals surface area contributed by atoms with Crippen molar-refractivity contribution in [2.24, 2.45) is 0 Å². The lowest BCUT2D eigenvalue weighted by Gasteiger charge is -2.20. The van der Waals surface area contributed by atoms with E-state index < -0.39 is 0 Å². The first-order chi connectivity index (χ1) is 9.20. The van der Waals surface area contributed by atoms with Crippen LogP contribution >= 0.6 is 0 Å². The maximum atomic E-state index is 8.56. The normalized spacial score (nSPS) is 13.1. The van der Waals surface area contributed by atoms with Crippen molar-refractivity contribution in [3.8, 4) is 0 Å². The number of aliphatic hydroxyl groups excluding tert-OH is 1. The maximum Gasteiger partial charge on any atom is 0.0820 e. The van der Waals surface area contributed by atoms with Crippen LogP contribution in [0, 0.1) is 0 Å². The average molecular weight is 277 g/mol. The van der Waals surface area contributed by atoms with E-state index in [4.69, 9.17) is 19.3 Å². The second kappa shape index (κ2) is 14.2. The Morgan fingerprint density at radius 2 is 1.79 bits per heavy atom. The van der Waals surface area contributed by atoms with Crippen molar-refractivity contribution in [2.45, 2.75) is 32.3 Å². The highest BCUT2D eigenvalue weighted by molar-refractivity contribution is 4.59. The Morgan fingerprint density at radius 1 is 1.05 bits per heavy atom. The number of hydrogen-bond donors (Lipinski definition) is 1. The van der Waals surface area contributed by atoms with Gasteiger partial charge >= 0.3 is 0 Å². The summed E-state index contributed by atoms with van der Waals surface area (Å²) in [6, 6.07) is 0. The molecule has 19 heavy (non-hydrogen) atoms. The third-order valence-electron chi connectivity index (χ3n) is 2.66. The number of rotatable bonds is 14. The summed E-state index contributed by atoms with van der Waals surface area (Å²) in [4.78, 5) is 2.15. The summed E-state index contributed by atoms with van der Waals surface area (Å²) in [5.74, 6) is 0. The van der Waals surface area contributed by atoms with E-state index >= 15 is 0 Å². The highest BCUT2D eigenvalue weighted by atomic mass is 16.5. The van der Waals surface area contributed by atoms with Gasteiger partial charge in [0.1, 0.15) is 0 Å². The molecule has 1 N–H and O–H groups in total. The molecule has 0 aliphatic heterocycles. The van der Waals surface area contributed by atoms with Crippen molar-refractivity contribution in [2.75, 3.05) is 60.3 Å². The molecule has 0 saturated carbocycles. The Morgan fingerprint density at radius 3 is 2.42 bits per heavy atom. The van der Waals surface area contributed by atoms with Gasteiger partial charge in [-0.25, -0.2) is 0 Å². The van der Waals surface area contributed by atoms with Gasteiger partial charge in [0.2, 0.25) is 0 Å². The molecule has 0 fully saturated rings. The van der Waals surface area contributed by atoms with Gasteiger partial charge in [0.25, 0.3) is 0 Å². The molecule has 0 bridgehead atoms. The molecule has 116 valence electrons. The van der Waals surface area contributed by atoms with Crippen LogP contribution in [0.15, 0.2) is 0 Å². The predicted molar refractivity (Wildman–Crippen MR) is 76.5 cm³/mol. The molecular formula is C14H31NO4. The topological polar surface area (TPSA) is 51.2 Å². The number of nitrogens with zero attached hydrogens (tertiary/aromatic N) is 1. The lowest BCUT2D eigenvalue weighted by molar-refractivity contribution is -0.0387. The summed E-state index contributed by atoms with van der Waals surface area (Å²) >= 11 is 0. The van der Waals surface area contributed by atoms with Crippen molar-refractivity contribution in [1.82, 2.24) is 4.90 Å². The lowest BCUT2D eigenvalue weighted by atomic mass is 10.2. The minimum absolute atomic E-state index is 0.0611. The molecule has 0 aromatic rings. The zero-order chi connectivity index (χ0) is 14.3. The Bertz CT molecular complexity index is 179. The molecule has 0 amide bonds. The van der Waals surface area contributed by atoms with Crippen molar-refractivity contribution in [3.05, 3.63) is 0 Å². The standard InChI is InChI=1S/C14H31NO4/c1-4-5-9-19-14(6-7-15(2)3)13-18-12-11-17-10-8-16/h14,16H,4-13H2,1-3H3. The average Bonchev–Trinajstić information content (AvgIpc) is 2.39. The number of ether oxygens (including phenoxy) is 3. The first-order valence-corrected chi connectivity index (χ1v) is 7.23.